The maximum absolute atomic E-state index is 13.1. The van der Waals surface area contributed by atoms with Crippen LogP contribution < -0.4 is 5.32 Å². The topological polar surface area (TPSA) is 90.0 Å². The van der Waals surface area contributed by atoms with E-state index in [2.05, 4.69) is 45.4 Å². The Kier molecular flexibility index (Phi) is 8.67. The van der Waals surface area contributed by atoms with Crippen LogP contribution in [0, 0.1) is 11.8 Å². The molecule has 0 unspecified atom stereocenters. The van der Waals surface area contributed by atoms with Gasteiger partial charge in [-0.1, -0.05) is 43.7 Å². The summed E-state index contributed by atoms with van der Waals surface area (Å²) < 4.78 is 0. The molecule has 0 saturated carbocycles. The number of fused-ring (bicyclic) bond motifs is 4. The first kappa shape index (κ1) is 24.2. The molecule has 7 nitrogen and oxygen atoms in total. The lowest BCUT2D eigenvalue weighted by molar-refractivity contribution is -0.143. The highest BCUT2D eigenvalue weighted by Crippen LogP contribution is 2.40. The van der Waals surface area contributed by atoms with Crippen molar-refractivity contribution >= 4 is 18.3 Å². The number of benzene rings is 1. The number of carboxylic acid groups (broad SMARTS) is 1. The Morgan fingerprint density at radius 1 is 1.19 bits per heavy atom. The van der Waals surface area contributed by atoms with Crippen molar-refractivity contribution in [3.63, 3.8) is 0 Å². The molecule has 3 heterocycles. The molecule has 0 aromatic heterocycles. The van der Waals surface area contributed by atoms with Gasteiger partial charge >= 0.3 is 0 Å². The van der Waals surface area contributed by atoms with Crippen LogP contribution in [0.25, 0.3) is 0 Å². The molecule has 5 atom stereocenters. The summed E-state index contributed by atoms with van der Waals surface area (Å²) in [6.45, 7) is 6.02. The van der Waals surface area contributed by atoms with E-state index < -0.39 is 0 Å². The molecule has 2 amide bonds. The third-order valence-electron chi connectivity index (χ3n) is 7.22. The van der Waals surface area contributed by atoms with Gasteiger partial charge in [0.05, 0.1) is 0 Å². The molecule has 3 fully saturated rings. The lowest BCUT2D eigenvalue weighted by atomic mass is 9.74. The van der Waals surface area contributed by atoms with Crippen LogP contribution in [-0.4, -0.2) is 71.0 Å². The zero-order valence-electron chi connectivity index (χ0n) is 19.3. The average molecular weight is 444 g/mol. The lowest BCUT2D eigenvalue weighted by Gasteiger charge is -2.55. The third-order valence-corrected chi connectivity index (χ3v) is 7.22. The number of amides is 2. The van der Waals surface area contributed by atoms with E-state index in [1.54, 1.807) is 0 Å². The predicted molar refractivity (Wildman–Crippen MR) is 123 cm³/mol. The minimum Gasteiger partial charge on any atom is -0.483 e. The largest absolute Gasteiger partial charge is 0.483 e. The summed E-state index contributed by atoms with van der Waals surface area (Å²) in [5.74, 6) is 1.12. The maximum Gasteiger partial charge on any atom is 0.290 e. The molecule has 4 rings (SSSR count). The summed E-state index contributed by atoms with van der Waals surface area (Å²) in [6.07, 6.45) is 6.87. The van der Waals surface area contributed by atoms with E-state index in [9.17, 15) is 9.59 Å². The Balaban J connectivity index is 0.000000913. The van der Waals surface area contributed by atoms with E-state index in [-0.39, 0.29) is 24.3 Å². The Morgan fingerprint density at radius 2 is 1.91 bits per heavy atom. The summed E-state index contributed by atoms with van der Waals surface area (Å²) in [5, 5.41) is 9.73. The SMILES string of the molecule is CC[C@@H](NC(C)=O)C(=O)N1C[C@@H]2C[C@H](C1)[C@@H]1CCC[C@H](Cc3ccccc3)N1C2.O=CO. The van der Waals surface area contributed by atoms with Crippen molar-refractivity contribution < 1.29 is 19.5 Å². The van der Waals surface area contributed by atoms with Crippen LogP contribution in [0.4, 0.5) is 0 Å². The number of hydrogen-bond donors (Lipinski definition) is 2. The van der Waals surface area contributed by atoms with Gasteiger partial charge in [0.25, 0.3) is 6.47 Å². The van der Waals surface area contributed by atoms with Crippen molar-refractivity contribution in [2.75, 3.05) is 19.6 Å². The van der Waals surface area contributed by atoms with Crippen molar-refractivity contribution in [3.05, 3.63) is 35.9 Å². The number of hydrogen-bond acceptors (Lipinski definition) is 4. The molecule has 3 saturated heterocycles. The zero-order valence-corrected chi connectivity index (χ0v) is 19.3. The van der Waals surface area contributed by atoms with Crippen LogP contribution in [0.5, 0.6) is 0 Å². The van der Waals surface area contributed by atoms with E-state index in [1.165, 1.54) is 38.2 Å². The minimum atomic E-state index is -0.375. The molecule has 32 heavy (non-hydrogen) atoms. The van der Waals surface area contributed by atoms with Crippen LogP contribution in [0.15, 0.2) is 30.3 Å². The molecule has 0 aliphatic carbocycles. The second-order valence-electron chi connectivity index (χ2n) is 9.41. The molecule has 3 aliphatic rings. The molecule has 3 aliphatic heterocycles. The number of nitrogens with zero attached hydrogens (tertiary/aromatic N) is 2. The highest BCUT2D eigenvalue weighted by molar-refractivity contribution is 5.86. The predicted octanol–water partition coefficient (Wildman–Crippen LogP) is 2.55. The Bertz CT molecular complexity index is 772. The van der Waals surface area contributed by atoms with Gasteiger partial charge in [-0.2, -0.15) is 0 Å². The quantitative estimate of drug-likeness (QED) is 0.683. The summed E-state index contributed by atoms with van der Waals surface area (Å²) in [6, 6.07) is 11.7. The Morgan fingerprint density at radius 3 is 2.56 bits per heavy atom. The summed E-state index contributed by atoms with van der Waals surface area (Å²) in [7, 11) is 0. The fourth-order valence-electron chi connectivity index (χ4n) is 6.00. The number of piperidine rings is 3. The normalized spacial score (nSPS) is 27.9. The first-order valence-corrected chi connectivity index (χ1v) is 11.9. The highest BCUT2D eigenvalue weighted by Gasteiger charge is 2.45. The van der Waals surface area contributed by atoms with Gasteiger partial charge in [-0.25, -0.2) is 0 Å². The molecular formula is C25H37N3O4. The zero-order chi connectivity index (χ0) is 23.1. The van der Waals surface area contributed by atoms with Crippen molar-refractivity contribution in [2.45, 2.75) is 70.5 Å². The lowest BCUT2D eigenvalue weighted by Crippen LogP contribution is -2.63. The van der Waals surface area contributed by atoms with E-state index in [4.69, 9.17) is 9.90 Å². The van der Waals surface area contributed by atoms with Gasteiger partial charge in [-0.15, -0.1) is 0 Å². The van der Waals surface area contributed by atoms with Gasteiger partial charge in [0.2, 0.25) is 11.8 Å². The standard InChI is InChI=1S/C24H35N3O2.CH2O2/c1-3-22(25-17(2)28)24(29)26-14-19-12-20(16-26)23-11-7-10-21(27(23)15-19)13-18-8-5-4-6-9-18;2-1-3/h4-6,8-9,19-23H,3,7,10-16H2,1-2H3,(H,25,28);1H,(H,2,3)/t19-,20+,21+,22+,23-;/m0./s1. The minimum absolute atomic E-state index is 0.113. The molecule has 1 aromatic rings. The smallest absolute Gasteiger partial charge is 0.290 e. The molecule has 0 radical (unpaired) electrons. The van der Waals surface area contributed by atoms with Gasteiger partial charge in [-0.05, 0) is 49.5 Å². The van der Waals surface area contributed by atoms with E-state index in [1.807, 2.05) is 6.92 Å². The second kappa shape index (κ2) is 11.5. The van der Waals surface area contributed by atoms with Crippen molar-refractivity contribution in [1.29, 1.82) is 0 Å². The van der Waals surface area contributed by atoms with E-state index >= 15 is 0 Å². The van der Waals surface area contributed by atoms with Gasteiger partial charge < -0.3 is 15.3 Å². The van der Waals surface area contributed by atoms with Crippen LogP contribution in [0.2, 0.25) is 0 Å². The van der Waals surface area contributed by atoms with Gasteiger partial charge in [0, 0.05) is 38.6 Å². The number of likely N-dealkylation sites (tertiary alicyclic amines) is 1. The van der Waals surface area contributed by atoms with Crippen molar-refractivity contribution in [1.82, 2.24) is 15.1 Å². The molecule has 176 valence electrons. The molecule has 2 bridgehead atoms. The number of nitrogens with one attached hydrogen (secondary N) is 1. The summed E-state index contributed by atoms with van der Waals surface area (Å²) >= 11 is 0. The fourth-order valence-corrected chi connectivity index (χ4v) is 6.00. The van der Waals surface area contributed by atoms with Crippen LogP contribution in [-0.2, 0) is 20.8 Å². The first-order chi connectivity index (χ1) is 15.5. The molecule has 2 N–H and O–H groups in total. The van der Waals surface area contributed by atoms with Gasteiger partial charge in [0.15, 0.2) is 0 Å². The number of rotatable bonds is 5. The fraction of sp³-hybridized carbons (Fsp3) is 0.640. The van der Waals surface area contributed by atoms with Gasteiger partial charge in [0.1, 0.15) is 6.04 Å². The van der Waals surface area contributed by atoms with E-state index in [0.29, 0.717) is 30.3 Å². The number of carbonyl (C=O) groups is 3. The molecule has 1 aromatic carbocycles. The maximum atomic E-state index is 13.1. The molecule has 7 heteroatoms. The van der Waals surface area contributed by atoms with Crippen LogP contribution in [0.3, 0.4) is 0 Å². The average Bonchev–Trinajstić information content (AvgIpc) is 2.78. The van der Waals surface area contributed by atoms with Crippen molar-refractivity contribution in [3.8, 4) is 0 Å². The Hall–Kier alpha value is -2.41. The van der Waals surface area contributed by atoms with Gasteiger partial charge in [-0.3, -0.25) is 19.3 Å². The summed E-state index contributed by atoms with van der Waals surface area (Å²) in [5.41, 5.74) is 1.44. The summed E-state index contributed by atoms with van der Waals surface area (Å²) in [4.78, 5) is 37.8. The Labute approximate surface area is 191 Å². The first-order valence-electron chi connectivity index (χ1n) is 11.9. The second-order valence-corrected chi connectivity index (χ2v) is 9.41. The van der Waals surface area contributed by atoms with Crippen LogP contribution >= 0.6 is 0 Å². The number of carbonyl (C=O) groups excluding carboxylic acids is 2. The van der Waals surface area contributed by atoms with Crippen LogP contribution in [0.1, 0.15) is 51.5 Å². The van der Waals surface area contributed by atoms with Crippen molar-refractivity contribution in [2.24, 2.45) is 11.8 Å². The monoisotopic (exact) mass is 443 g/mol. The third kappa shape index (κ3) is 5.88. The van der Waals surface area contributed by atoms with E-state index in [0.717, 1.165) is 26.1 Å². The molecular weight excluding hydrogens is 406 g/mol. The highest BCUT2D eigenvalue weighted by atomic mass is 16.3. The molecule has 0 spiro atoms.